The van der Waals surface area contributed by atoms with Gasteiger partial charge in [0.25, 0.3) is 11.8 Å². The number of rotatable bonds is 8. The molecule has 1 N–H and O–H groups in total. The third kappa shape index (κ3) is 5.09. The molecule has 0 spiro atoms. The molecule has 0 fully saturated rings. The van der Waals surface area contributed by atoms with E-state index in [0.29, 0.717) is 24.2 Å². The van der Waals surface area contributed by atoms with Crippen molar-refractivity contribution in [3.63, 3.8) is 0 Å². The fourth-order valence-electron chi connectivity index (χ4n) is 3.01. The Morgan fingerprint density at radius 3 is 1.74 bits per heavy atom. The van der Waals surface area contributed by atoms with Crippen molar-refractivity contribution in [1.29, 1.82) is 0 Å². The number of hydrogen-bond acceptors (Lipinski definition) is 3. The number of anilines is 2. The molecule has 0 bridgehead atoms. The van der Waals surface area contributed by atoms with Gasteiger partial charge in [0.1, 0.15) is 0 Å². The predicted octanol–water partition coefficient (Wildman–Crippen LogP) is 4.27. The second kappa shape index (κ2) is 9.76. The molecule has 0 atom stereocenters. The van der Waals surface area contributed by atoms with E-state index in [2.05, 4.69) is 24.1 Å². The maximum absolute atomic E-state index is 12.5. The van der Waals surface area contributed by atoms with E-state index < -0.39 is 0 Å². The van der Waals surface area contributed by atoms with Crippen LogP contribution in [0.2, 0.25) is 0 Å². The molecule has 2 rings (SSSR count). The van der Waals surface area contributed by atoms with E-state index in [1.165, 1.54) is 0 Å². The highest BCUT2D eigenvalue weighted by atomic mass is 16.2. The number of benzene rings is 2. The smallest absolute Gasteiger partial charge is 0.255 e. The lowest BCUT2D eigenvalue weighted by Gasteiger charge is -2.21. The molecule has 0 aliphatic heterocycles. The van der Waals surface area contributed by atoms with Gasteiger partial charge in [0.15, 0.2) is 0 Å². The van der Waals surface area contributed by atoms with Crippen LogP contribution in [0.25, 0.3) is 0 Å². The molecule has 0 heterocycles. The Morgan fingerprint density at radius 2 is 1.26 bits per heavy atom. The number of amides is 2. The van der Waals surface area contributed by atoms with Crippen LogP contribution in [-0.4, -0.2) is 42.9 Å². The van der Waals surface area contributed by atoms with E-state index >= 15 is 0 Å². The summed E-state index contributed by atoms with van der Waals surface area (Å²) in [5.41, 5.74) is 3.01. The quantitative estimate of drug-likeness (QED) is 0.758. The molecular formula is C22H29N3O2. The van der Waals surface area contributed by atoms with Crippen LogP contribution in [0.5, 0.6) is 0 Å². The number of nitrogens with zero attached hydrogens (tertiary/aromatic N) is 2. The number of hydrogen-bond donors (Lipinski definition) is 1. The first-order chi connectivity index (χ1) is 13.0. The van der Waals surface area contributed by atoms with Crippen molar-refractivity contribution in [1.82, 2.24) is 4.90 Å². The summed E-state index contributed by atoms with van der Waals surface area (Å²) >= 11 is 0. The first-order valence-electron chi connectivity index (χ1n) is 9.59. The molecule has 0 aliphatic rings. The Hall–Kier alpha value is -2.82. The van der Waals surface area contributed by atoms with Crippen LogP contribution in [-0.2, 0) is 0 Å². The van der Waals surface area contributed by atoms with Crippen LogP contribution in [0, 0.1) is 0 Å². The molecule has 0 aromatic heterocycles. The third-order valence-electron chi connectivity index (χ3n) is 4.70. The Bertz CT molecular complexity index is 746. The zero-order valence-electron chi connectivity index (χ0n) is 16.7. The lowest BCUT2D eigenvalue weighted by Crippen LogP contribution is -2.30. The summed E-state index contributed by atoms with van der Waals surface area (Å²) in [7, 11) is 0. The average molecular weight is 367 g/mol. The molecule has 5 heteroatoms. The topological polar surface area (TPSA) is 52.7 Å². The fourth-order valence-corrected chi connectivity index (χ4v) is 3.01. The predicted molar refractivity (Wildman–Crippen MR) is 112 cm³/mol. The van der Waals surface area contributed by atoms with E-state index in [0.717, 1.165) is 24.5 Å². The molecule has 2 amide bonds. The zero-order chi connectivity index (χ0) is 19.8. The van der Waals surface area contributed by atoms with Crippen LogP contribution >= 0.6 is 0 Å². The van der Waals surface area contributed by atoms with Gasteiger partial charge in [0, 0.05) is 48.7 Å². The average Bonchev–Trinajstić information content (AvgIpc) is 2.71. The van der Waals surface area contributed by atoms with Gasteiger partial charge in [-0.05, 0) is 76.2 Å². The number of nitrogens with one attached hydrogen (secondary N) is 1. The summed E-state index contributed by atoms with van der Waals surface area (Å²) in [6, 6.07) is 14.6. The first kappa shape index (κ1) is 20.5. The van der Waals surface area contributed by atoms with Gasteiger partial charge >= 0.3 is 0 Å². The van der Waals surface area contributed by atoms with Crippen LogP contribution in [0.15, 0.2) is 48.5 Å². The molecule has 2 aromatic carbocycles. The van der Waals surface area contributed by atoms with Gasteiger partial charge in [0.05, 0.1) is 0 Å². The van der Waals surface area contributed by atoms with Gasteiger partial charge in [-0.25, -0.2) is 0 Å². The Kier molecular flexibility index (Phi) is 7.41. The summed E-state index contributed by atoms with van der Waals surface area (Å²) in [6.07, 6.45) is 0. The summed E-state index contributed by atoms with van der Waals surface area (Å²) in [6.45, 7) is 11.4. The standard InChI is InChI=1S/C22H29N3O2/c1-5-24(6-2)20-15-13-19(14-16-20)23-21(26)17-9-11-18(12-10-17)22(27)25(7-3)8-4/h9-16H,5-8H2,1-4H3,(H,23,26). The normalized spacial score (nSPS) is 10.4. The molecule has 2 aromatic rings. The largest absolute Gasteiger partial charge is 0.372 e. The molecule has 0 saturated heterocycles. The van der Waals surface area contributed by atoms with Gasteiger partial charge in [-0.15, -0.1) is 0 Å². The van der Waals surface area contributed by atoms with Crippen LogP contribution in [0.4, 0.5) is 11.4 Å². The second-order valence-corrected chi connectivity index (χ2v) is 6.23. The monoisotopic (exact) mass is 367 g/mol. The van der Waals surface area contributed by atoms with Gasteiger partial charge in [-0.1, -0.05) is 0 Å². The second-order valence-electron chi connectivity index (χ2n) is 6.23. The Labute approximate surface area is 162 Å². The molecule has 0 unspecified atom stereocenters. The maximum atomic E-state index is 12.5. The van der Waals surface area contributed by atoms with Crippen molar-refractivity contribution in [3.05, 3.63) is 59.7 Å². The number of carbonyl (C=O) groups excluding carboxylic acids is 2. The molecular weight excluding hydrogens is 338 g/mol. The lowest BCUT2D eigenvalue weighted by atomic mass is 10.1. The van der Waals surface area contributed by atoms with Crippen molar-refractivity contribution in [2.75, 3.05) is 36.4 Å². The number of carbonyl (C=O) groups is 2. The molecule has 0 saturated carbocycles. The van der Waals surface area contributed by atoms with E-state index in [4.69, 9.17) is 0 Å². The van der Waals surface area contributed by atoms with Gasteiger partial charge < -0.3 is 15.1 Å². The fraction of sp³-hybridized carbons (Fsp3) is 0.364. The van der Waals surface area contributed by atoms with Crippen LogP contribution in [0.3, 0.4) is 0 Å². The third-order valence-corrected chi connectivity index (χ3v) is 4.70. The minimum Gasteiger partial charge on any atom is -0.372 e. The highest BCUT2D eigenvalue weighted by Crippen LogP contribution is 2.18. The molecule has 5 nitrogen and oxygen atoms in total. The minimum atomic E-state index is -0.188. The van der Waals surface area contributed by atoms with Crippen molar-refractivity contribution in [3.8, 4) is 0 Å². The van der Waals surface area contributed by atoms with Gasteiger partial charge in [-0.2, -0.15) is 0 Å². The Balaban J connectivity index is 2.05. The summed E-state index contributed by atoms with van der Waals surface area (Å²) < 4.78 is 0. The molecule has 144 valence electrons. The summed E-state index contributed by atoms with van der Waals surface area (Å²) in [4.78, 5) is 28.8. The van der Waals surface area contributed by atoms with Crippen molar-refractivity contribution in [2.45, 2.75) is 27.7 Å². The maximum Gasteiger partial charge on any atom is 0.255 e. The SMILES string of the molecule is CCN(CC)C(=O)c1ccc(C(=O)Nc2ccc(N(CC)CC)cc2)cc1. The van der Waals surface area contributed by atoms with E-state index in [1.807, 2.05) is 38.1 Å². The van der Waals surface area contributed by atoms with Crippen molar-refractivity contribution < 1.29 is 9.59 Å². The Morgan fingerprint density at radius 1 is 0.741 bits per heavy atom. The summed E-state index contributed by atoms with van der Waals surface area (Å²) in [5.74, 6) is -0.202. The van der Waals surface area contributed by atoms with Crippen molar-refractivity contribution >= 4 is 23.2 Å². The highest BCUT2D eigenvalue weighted by molar-refractivity contribution is 6.05. The van der Waals surface area contributed by atoms with Crippen LogP contribution < -0.4 is 10.2 Å². The van der Waals surface area contributed by atoms with E-state index in [1.54, 1.807) is 29.2 Å². The molecule has 0 radical (unpaired) electrons. The lowest BCUT2D eigenvalue weighted by molar-refractivity contribution is 0.0772. The van der Waals surface area contributed by atoms with Crippen LogP contribution in [0.1, 0.15) is 48.4 Å². The van der Waals surface area contributed by atoms with Gasteiger partial charge in [0.2, 0.25) is 0 Å². The van der Waals surface area contributed by atoms with Gasteiger partial charge in [-0.3, -0.25) is 9.59 Å². The molecule has 0 aliphatic carbocycles. The highest BCUT2D eigenvalue weighted by Gasteiger charge is 2.13. The summed E-state index contributed by atoms with van der Waals surface area (Å²) in [5, 5.41) is 2.90. The first-order valence-corrected chi connectivity index (χ1v) is 9.59. The van der Waals surface area contributed by atoms with E-state index in [-0.39, 0.29) is 11.8 Å². The zero-order valence-corrected chi connectivity index (χ0v) is 16.7. The van der Waals surface area contributed by atoms with Crippen molar-refractivity contribution in [2.24, 2.45) is 0 Å². The minimum absolute atomic E-state index is 0.0149. The van der Waals surface area contributed by atoms with E-state index in [9.17, 15) is 9.59 Å². The molecule has 27 heavy (non-hydrogen) atoms.